The van der Waals surface area contributed by atoms with Crippen molar-refractivity contribution < 1.29 is 9.90 Å². The number of piperazine rings is 1. The van der Waals surface area contributed by atoms with E-state index in [0.29, 0.717) is 19.6 Å². The fraction of sp³-hybridized carbons (Fsp3) is 0.545. The second-order valence-electron chi connectivity index (χ2n) is 4.76. The average molecular weight is 236 g/mol. The predicted octanol–water partition coefficient (Wildman–Crippen LogP) is 1.06. The highest BCUT2D eigenvalue weighted by atomic mass is 16.4. The highest BCUT2D eigenvalue weighted by Crippen LogP contribution is 2.24. The van der Waals surface area contributed by atoms with E-state index >= 15 is 0 Å². The number of anilines is 1. The van der Waals surface area contributed by atoms with Crippen LogP contribution in [0.15, 0.2) is 18.7 Å². The van der Waals surface area contributed by atoms with Crippen LogP contribution in [0, 0.1) is 0 Å². The summed E-state index contributed by atoms with van der Waals surface area (Å²) in [6.07, 6.45) is 4.13. The van der Waals surface area contributed by atoms with E-state index in [2.05, 4.69) is 14.9 Å². The largest absolute Gasteiger partial charge is 0.465 e. The van der Waals surface area contributed by atoms with Gasteiger partial charge in [-0.25, -0.2) is 14.8 Å². The molecule has 2 rings (SSSR count). The van der Waals surface area contributed by atoms with Gasteiger partial charge in [0, 0.05) is 19.6 Å². The standard InChI is InChI=1S/C11H16N4O2/c1-11(2)7-14(3-4-15(11)10(16)17)9-5-12-8-13-6-9/h5-6,8H,3-4,7H2,1-2H3,(H,16,17). The highest BCUT2D eigenvalue weighted by Gasteiger charge is 2.36. The van der Waals surface area contributed by atoms with Crippen molar-refractivity contribution in [3.63, 3.8) is 0 Å². The minimum absolute atomic E-state index is 0.403. The van der Waals surface area contributed by atoms with Crippen molar-refractivity contribution in [2.24, 2.45) is 0 Å². The van der Waals surface area contributed by atoms with Crippen molar-refractivity contribution in [1.29, 1.82) is 0 Å². The maximum absolute atomic E-state index is 11.1. The summed E-state index contributed by atoms with van der Waals surface area (Å²) >= 11 is 0. The number of amides is 1. The Labute approximate surface area is 99.9 Å². The normalized spacial score (nSPS) is 19.2. The molecule has 0 unspecified atom stereocenters. The predicted molar refractivity (Wildman–Crippen MR) is 63.1 cm³/mol. The summed E-state index contributed by atoms with van der Waals surface area (Å²) < 4.78 is 0. The van der Waals surface area contributed by atoms with Crippen LogP contribution in [0.25, 0.3) is 0 Å². The zero-order chi connectivity index (χ0) is 12.5. The Bertz CT molecular complexity index is 407. The molecule has 1 N–H and O–H groups in total. The molecule has 1 fully saturated rings. The molecule has 1 aromatic heterocycles. The molecular formula is C11H16N4O2. The van der Waals surface area contributed by atoms with E-state index < -0.39 is 11.6 Å². The van der Waals surface area contributed by atoms with Gasteiger partial charge in [0.1, 0.15) is 6.33 Å². The monoisotopic (exact) mass is 236 g/mol. The lowest BCUT2D eigenvalue weighted by molar-refractivity contribution is 0.0845. The van der Waals surface area contributed by atoms with Gasteiger partial charge in [0.25, 0.3) is 0 Å². The first kappa shape index (κ1) is 11.6. The molecule has 1 aromatic rings. The fourth-order valence-corrected chi connectivity index (χ4v) is 2.18. The zero-order valence-electron chi connectivity index (χ0n) is 10.00. The topological polar surface area (TPSA) is 69.6 Å². The summed E-state index contributed by atoms with van der Waals surface area (Å²) in [5, 5.41) is 9.11. The van der Waals surface area contributed by atoms with E-state index in [9.17, 15) is 4.79 Å². The van der Waals surface area contributed by atoms with Crippen molar-refractivity contribution in [3.8, 4) is 0 Å². The molecule has 0 bridgehead atoms. The van der Waals surface area contributed by atoms with E-state index in [1.807, 2.05) is 13.8 Å². The number of carboxylic acid groups (broad SMARTS) is 1. The second kappa shape index (κ2) is 4.20. The molecule has 0 atom stereocenters. The smallest absolute Gasteiger partial charge is 0.407 e. The molecular weight excluding hydrogens is 220 g/mol. The fourth-order valence-electron chi connectivity index (χ4n) is 2.18. The summed E-state index contributed by atoms with van der Waals surface area (Å²) in [4.78, 5) is 22.6. The van der Waals surface area contributed by atoms with Gasteiger partial charge < -0.3 is 10.0 Å². The van der Waals surface area contributed by atoms with Gasteiger partial charge in [0.15, 0.2) is 0 Å². The molecule has 6 nitrogen and oxygen atoms in total. The summed E-state index contributed by atoms with van der Waals surface area (Å²) in [5.41, 5.74) is 0.533. The first-order valence-corrected chi connectivity index (χ1v) is 5.51. The maximum Gasteiger partial charge on any atom is 0.407 e. The van der Waals surface area contributed by atoms with Gasteiger partial charge in [-0.15, -0.1) is 0 Å². The summed E-state index contributed by atoms with van der Waals surface area (Å²) in [5.74, 6) is 0. The molecule has 1 aliphatic heterocycles. The SMILES string of the molecule is CC1(C)CN(c2cncnc2)CCN1C(=O)O. The van der Waals surface area contributed by atoms with Crippen molar-refractivity contribution in [3.05, 3.63) is 18.7 Å². The Kier molecular flexibility index (Phi) is 2.87. The van der Waals surface area contributed by atoms with Gasteiger partial charge >= 0.3 is 6.09 Å². The minimum Gasteiger partial charge on any atom is -0.465 e. The van der Waals surface area contributed by atoms with Crippen LogP contribution in [0.5, 0.6) is 0 Å². The molecule has 0 saturated carbocycles. The van der Waals surface area contributed by atoms with Gasteiger partial charge in [0.05, 0.1) is 23.6 Å². The number of carbonyl (C=O) groups is 1. The third-order valence-corrected chi connectivity index (χ3v) is 3.05. The molecule has 6 heteroatoms. The quantitative estimate of drug-likeness (QED) is 0.789. The van der Waals surface area contributed by atoms with Crippen molar-refractivity contribution >= 4 is 11.8 Å². The number of nitrogens with zero attached hydrogens (tertiary/aromatic N) is 4. The van der Waals surface area contributed by atoms with Crippen molar-refractivity contribution in [2.75, 3.05) is 24.5 Å². The van der Waals surface area contributed by atoms with Crippen LogP contribution in [0.4, 0.5) is 10.5 Å². The Morgan fingerprint density at radius 2 is 2.00 bits per heavy atom. The molecule has 1 saturated heterocycles. The molecule has 1 amide bonds. The van der Waals surface area contributed by atoms with E-state index in [-0.39, 0.29) is 0 Å². The maximum atomic E-state index is 11.1. The van der Waals surface area contributed by atoms with Gasteiger partial charge in [-0.2, -0.15) is 0 Å². The molecule has 0 radical (unpaired) electrons. The summed E-state index contributed by atoms with van der Waals surface area (Å²) in [6, 6.07) is 0. The number of hydrogen-bond donors (Lipinski definition) is 1. The van der Waals surface area contributed by atoms with E-state index in [1.165, 1.54) is 11.2 Å². The molecule has 2 heterocycles. The van der Waals surface area contributed by atoms with Crippen LogP contribution in [0.1, 0.15) is 13.8 Å². The molecule has 0 aliphatic carbocycles. The Morgan fingerprint density at radius 3 is 2.53 bits per heavy atom. The minimum atomic E-state index is -0.862. The van der Waals surface area contributed by atoms with Crippen LogP contribution in [0.3, 0.4) is 0 Å². The first-order valence-electron chi connectivity index (χ1n) is 5.51. The Balaban J connectivity index is 2.15. The van der Waals surface area contributed by atoms with Crippen molar-refractivity contribution in [2.45, 2.75) is 19.4 Å². The number of rotatable bonds is 1. The lowest BCUT2D eigenvalue weighted by Gasteiger charge is -2.46. The summed E-state index contributed by atoms with van der Waals surface area (Å²) in [7, 11) is 0. The van der Waals surface area contributed by atoms with Gasteiger partial charge in [-0.1, -0.05) is 0 Å². The molecule has 92 valence electrons. The Morgan fingerprint density at radius 1 is 1.35 bits per heavy atom. The van der Waals surface area contributed by atoms with Gasteiger partial charge in [-0.05, 0) is 13.8 Å². The van der Waals surface area contributed by atoms with E-state index in [1.54, 1.807) is 12.4 Å². The van der Waals surface area contributed by atoms with Crippen molar-refractivity contribution in [1.82, 2.24) is 14.9 Å². The highest BCUT2D eigenvalue weighted by molar-refractivity contribution is 5.67. The lowest BCUT2D eigenvalue weighted by Crippen LogP contribution is -2.61. The van der Waals surface area contributed by atoms with Gasteiger partial charge in [0.2, 0.25) is 0 Å². The lowest BCUT2D eigenvalue weighted by atomic mass is 9.99. The molecule has 0 spiro atoms. The first-order chi connectivity index (χ1) is 8.00. The van der Waals surface area contributed by atoms with E-state index in [0.717, 1.165) is 5.69 Å². The van der Waals surface area contributed by atoms with E-state index in [4.69, 9.17) is 5.11 Å². The Hall–Kier alpha value is -1.85. The van der Waals surface area contributed by atoms with Crippen LogP contribution >= 0.6 is 0 Å². The van der Waals surface area contributed by atoms with Crippen LogP contribution in [-0.2, 0) is 0 Å². The van der Waals surface area contributed by atoms with Crippen LogP contribution < -0.4 is 4.90 Å². The molecule has 0 aromatic carbocycles. The van der Waals surface area contributed by atoms with Crippen LogP contribution in [0.2, 0.25) is 0 Å². The van der Waals surface area contributed by atoms with Gasteiger partial charge in [-0.3, -0.25) is 4.90 Å². The zero-order valence-corrected chi connectivity index (χ0v) is 10.00. The molecule has 17 heavy (non-hydrogen) atoms. The second-order valence-corrected chi connectivity index (χ2v) is 4.76. The van der Waals surface area contributed by atoms with Crippen LogP contribution in [-0.4, -0.2) is 51.2 Å². The number of hydrogen-bond acceptors (Lipinski definition) is 4. The number of aromatic nitrogens is 2. The average Bonchev–Trinajstić information content (AvgIpc) is 2.28. The summed E-state index contributed by atoms with van der Waals surface area (Å²) in [6.45, 7) is 5.67. The molecule has 1 aliphatic rings. The third kappa shape index (κ3) is 2.30. The third-order valence-electron chi connectivity index (χ3n) is 3.05.